The molecule has 0 radical (unpaired) electrons. The summed E-state index contributed by atoms with van der Waals surface area (Å²) in [5, 5.41) is 45.1. The lowest BCUT2D eigenvalue weighted by molar-refractivity contribution is -0.271. The molecule has 0 saturated carbocycles. The summed E-state index contributed by atoms with van der Waals surface area (Å²) < 4.78 is 15.9. The minimum absolute atomic E-state index is 0.0301. The predicted octanol–water partition coefficient (Wildman–Crippen LogP) is 0.855. The van der Waals surface area contributed by atoms with Crippen LogP contribution >= 0.6 is 11.8 Å². The number of ether oxygens (including phenoxy) is 3. The van der Waals surface area contributed by atoms with Crippen molar-refractivity contribution in [3.8, 4) is 5.75 Å². The number of nitrogens with one attached hydrogen (secondary N) is 2. The first kappa shape index (κ1) is 30.8. The molecule has 1 fully saturated rings. The third-order valence-corrected chi connectivity index (χ3v) is 6.01. The van der Waals surface area contributed by atoms with Crippen LogP contribution in [0.25, 0.3) is 0 Å². The predicted molar refractivity (Wildman–Crippen MR) is 134 cm³/mol. The van der Waals surface area contributed by atoms with Gasteiger partial charge in [-0.1, -0.05) is 26.3 Å². The van der Waals surface area contributed by atoms with Crippen molar-refractivity contribution < 1.29 is 49.0 Å². The van der Waals surface area contributed by atoms with Crippen molar-refractivity contribution in [3.63, 3.8) is 0 Å². The van der Waals surface area contributed by atoms with Crippen LogP contribution in [0, 0.1) is 0 Å². The van der Waals surface area contributed by atoms with Crippen LogP contribution in [0.2, 0.25) is 0 Å². The molecule has 13 heteroatoms. The van der Waals surface area contributed by atoms with Crippen molar-refractivity contribution >= 4 is 28.9 Å². The van der Waals surface area contributed by atoms with Gasteiger partial charge >= 0.3 is 11.3 Å². The molecule has 1 saturated heterocycles. The van der Waals surface area contributed by atoms with Crippen molar-refractivity contribution in [2.75, 3.05) is 19.3 Å². The lowest BCUT2D eigenvalue weighted by Gasteiger charge is -2.38. The van der Waals surface area contributed by atoms with Crippen molar-refractivity contribution in [2.45, 2.75) is 76.5 Å². The second kappa shape index (κ2) is 15.1. The van der Waals surface area contributed by atoms with Gasteiger partial charge in [0.1, 0.15) is 30.7 Å². The summed E-state index contributed by atoms with van der Waals surface area (Å²) in [5.74, 6) is -2.12. The molecule has 0 aromatic heterocycles. The number of carboxylic acid groups (broad SMARTS) is 1. The zero-order chi connectivity index (χ0) is 27.5. The molecule has 6 N–H and O–H groups in total. The summed E-state index contributed by atoms with van der Waals surface area (Å²) in [4.78, 5) is 35.9. The second-order valence-electron chi connectivity index (χ2n) is 8.85. The average Bonchev–Trinajstić information content (AvgIpc) is 2.86. The lowest BCUT2D eigenvalue weighted by atomic mass is 9.99. The van der Waals surface area contributed by atoms with E-state index >= 15 is 0 Å². The Morgan fingerprint density at radius 1 is 1.05 bits per heavy atom. The number of aliphatic carboxylic acids is 1. The Labute approximate surface area is 219 Å². The van der Waals surface area contributed by atoms with E-state index in [9.17, 15) is 34.8 Å². The van der Waals surface area contributed by atoms with Gasteiger partial charge in [-0.3, -0.25) is 4.79 Å². The first-order valence-corrected chi connectivity index (χ1v) is 13.2. The van der Waals surface area contributed by atoms with E-state index in [1.54, 1.807) is 6.26 Å². The summed E-state index contributed by atoms with van der Waals surface area (Å²) >= 11 is 0.899. The second-order valence-corrected chi connectivity index (χ2v) is 9.59. The molecule has 2 rings (SSSR count). The van der Waals surface area contributed by atoms with Crippen LogP contribution in [0.4, 0.5) is 4.79 Å². The minimum atomic E-state index is -1.88. The molecular weight excluding hydrogens is 508 g/mol. The van der Waals surface area contributed by atoms with Crippen LogP contribution in [-0.4, -0.2) is 93.7 Å². The fourth-order valence-corrected chi connectivity index (χ4v) is 3.71. The van der Waals surface area contributed by atoms with Crippen molar-refractivity contribution in [1.29, 1.82) is 0 Å². The summed E-state index contributed by atoms with van der Waals surface area (Å²) in [6.07, 6.45) is -4.89. The Kier molecular flexibility index (Phi) is 12.6. The molecule has 12 nitrogen and oxygen atoms in total. The van der Waals surface area contributed by atoms with Gasteiger partial charge in [0.15, 0.2) is 6.10 Å². The van der Waals surface area contributed by atoms with E-state index in [1.807, 2.05) is 0 Å². The fourth-order valence-electron chi connectivity index (χ4n) is 3.54. The highest BCUT2D eigenvalue weighted by Gasteiger charge is 2.48. The molecule has 1 aliphatic heterocycles. The number of hydrogen-bond donors (Lipinski definition) is 6. The van der Waals surface area contributed by atoms with Crippen LogP contribution < -0.4 is 15.4 Å². The highest BCUT2D eigenvalue weighted by Crippen LogP contribution is 2.28. The molecular formula is C24H36N2O10S. The first-order valence-electron chi connectivity index (χ1n) is 12.0. The quantitative estimate of drug-likeness (QED) is 0.152. The number of hydrogen-bond acceptors (Lipinski definition) is 11. The minimum Gasteiger partial charge on any atom is -0.479 e. The molecule has 1 aromatic carbocycles. The molecule has 0 bridgehead atoms. The summed E-state index contributed by atoms with van der Waals surface area (Å²) in [5.41, 5.74) is 0.520. The Morgan fingerprint density at radius 3 is 2.41 bits per heavy atom. The van der Waals surface area contributed by atoms with E-state index in [4.69, 9.17) is 14.2 Å². The average molecular weight is 545 g/mol. The molecule has 1 heterocycles. The maximum Gasteiger partial charge on any atom is 0.367 e. The molecule has 0 aliphatic carbocycles. The Bertz CT molecular complexity index is 916. The number of aliphatic hydroxyl groups excluding tert-OH is 3. The van der Waals surface area contributed by atoms with E-state index in [-0.39, 0.29) is 17.9 Å². The normalized spacial score (nSPS) is 23.5. The lowest BCUT2D eigenvalue weighted by Crippen LogP contribution is -2.61. The fraction of sp³-hybridized carbons (Fsp3) is 0.625. The van der Waals surface area contributed by atoms with E-state index in [2.05, 4.69) is 24.5 Å². The topological polar surface area (TPSA) is 184 Å². The molecule has 5 atom stereocenters. The molecule has 0 unspecified atom stereocenters. The van der Waals surface area contributed by atoms with E-state index in [0.29, 0.717) is 18.2 Å². The molecule has 1 amide bonds. The van der Waals surface area contributed by atoms with Gasteiger partial charge in [0, 0.05) is 12.6 Å². The summed E-state index contributed by atoms with van der Waals surface area (Å²) in [7, 11) is 0. The smallest absolute Gasteiger partial charge is 0.367 e. The maximum absolute atomic E-state index is 13.0. The Balaban J connectivity index is 2.14. The number of rotatable bonds is 13. The SMILES string of the molecule is CSC(=O)OCc1ccc(O[C@H]2O[C@H](C(=O)O)[C@@H](O)[C@H](O)[C@H]2O)c(C(=O)NCCCCCNC(C)C)c1. The number of unbranched alkanes of at least 4 members (excludes halogenated alkanes) is 2. The number of carbonyl (C=O) groups excluding carboxylic acids is 2. The molecule has 1 aliphatic rings. The third-order valence-electron chi connectivity index (χ3n) is 5.56. The largest absolute Gasteiger partial charge is 0.479 e. The van der Waals surface area contributed by atoms with Gasteiger partial charge in [-0.2, -0.15) is 0 Å². The van der Waals surface area contributed by atoms with Crippen LogP contribution in [0.5, 0.6) is 5.75 Å². The standard InChI is InChI=1S/C24H36N2O10S/c1-13(2)25-9-5-4-6-10-26-21(30)15-11-14(12-34-24(33)37-3)7-8-16(15)35-23-19(29)17(27)18(28)20(36-23)22(31)32/h7-8,11,13,17-20,23,25,27-29H,4-6,9-10,12H2,1-3H3,(H,26,30)(H,31,32)/t17-,18-,19+,20-,23-/m0/s1. The monoisotopic (exact) mass is 544 g/mol. The number of thioether (sulfide) groups is 1. The van der Waals surface area contributed by atoms with Gasteiger partial charge in [0.25, 0.3) is 5.91 Å². The van der Waals surface area contributed by atoms with Gasteiger partial charge in [-0.25, -0.2) is 9.59 Å². The zero-order valence-corrected chi connectivity index (χ0v) is 21.9. The van der Waals surface area contributed by atoms with E-state index < -0.39 is 47.9 Å². The number of carboxylic acids is 1. The molecule has 208 valence electrons. The van der Waals surface area contributed by atoms with Gasteiger partial charge in [-0.05, 0) is 55.1 Å². The van der Waals surface area contributed by atoms with Crippen molar-refractivity contribution in [1.82, 2.24) is 10.6 Å². The van der Waals surface area contributed by atoms with E-state index in [0.717, 1.165) is 37.6 Å². The third kappa shape index (κ3) is 9.43. The zero-order valence-electron chi connectivity index (χ0n) is 21.1. The summed E-state index contributed by atoms with van der Waals surface area (Å²) in [6.45, 7) is 5.30. The molecule has 37 heavy (non-hydrogen) atoms. The number of benzene rings is 1. The van der Waals surface area contributed by atoms with Crippen LogP contribution in [0.15, 0.2) is 18.2 Å². The van der Waals surface area contributed by atoms with Gasteiger partial charge < -0.3 is 45.3 Å². The highest BCUT2D eigenvalue weighted by molar-refractivity contribution is 8.12. The van der Waals surface area contributed by atoms with E-state index in [1.165, 1.54) is 18.2 Å². The maximum atomic E-state index is 13.0. The first-order chi connectivity index (χ1) is 17.5. The van der Waals surface area contributed by atoms with Crippen LogP contribution in [0.3, 0.4) is 0 Å². The Hall–Kier alpha value is -2.42. The molecule has 1 aromatic rings. The van der Waals surface area contributed by atoms with Gasteiger partial charge in [0.2, 0.25) is 6.29 Å². The van der Waals surface area contributed by atoms with Crippen LogP contribution in [-0.2, 0) is 20.9 Å². The highest BCUT2D eigenvalue weighted by atomic mass is 32.2. The van der Waals surface area contributed by atoms with Crippen molar-refractivity contribution in [3.05, 3.63) is 29.3 Å². The van der Waals surface area contributed by atoms with Crippen LogP contribution in [0.1, 0.15) is 49.0 Å². The molecule has 0 spiro atoms. The number of amides is 1. The number of carbonyl (C=O) groups is 3. The van der Waals surface area contributed by atoms with Gasteiger partial charge in [-0.15, -0.1) is 0 Å². The van der Waals surface area contributed by atoms with Crippen molar-refractivity contribution in [2.24, 2.45) is 0 Å². The Morgan fingerprint density at radius 2 is 1.76 bits per heavy atom. The van der Waals surface area contributed by atoms with Gasteiger partial charge in [0.05, 0.1) is 5.56 Å². The number of aliphatic hydroxyl groups is 3. The summed E-state index contributed by atoms with van der Waals surface area (Å²) in [6, 6.07) is 4.76.